The maximum absolute atomic E-state index is 5.30. The molecule has 0 aromatic carbocycles. The molecule has 1 rings (SSSR count). The number of hydrogen-bond donors (Lipinski definition) is 1. The van der Waals surface area contributed by atoms with Crippen molar-refractivity contribution in [1.29, 1.82) is 0 Å². The molecule has 0 saturated heterocycles. The smallest absolute Gasteiger partial charge is 0.105 e. The lowest BCUT2D eigenvalue weighted by atomic mass is 10.2. The first-order valence-electron chi connectivity index (χ1n) is 5.66. The molecule has 1 aromatic rings. The molecule has 0 amide bonds. The first kappa shape index (κ1) is 12.3. The molecule has 0 fully saturated rings. The van der Waals surface area contributed by atoms with Crippen LogP contribution in [0.25, 0.3) is 0 Å². The number of likely N-dealkylation sites (N-methyl/N-ethyl adjacent to an activating group) is 1. The minimum Gasteiger partial charge on any atom is -0.469 e. The molecule has 0 radical (unpaired) electrons. The van der Waals surface area contributed by atoms with Crippen molar-refractivity contribution >= 4 is 0 Å². The fraction of sp³-hybridized carbons (Fsp3) is 0.667. The molecule has 0 saturated carbocycles. The molecule has 86 valence electrons. The molecular weight excluding hydrogens is 188 g/mol. The maximum atomic E-state index is 5.30. The third-order valence-electron chi connectivity index (χ3n) is 2.61. The molecule has 1 aromatic heterocycles. The van der Waals surface area contributed by atoms with Crippen LogP contribution in [0.3, 0.4) is 0 Å². The molecule has 1 atom stereocenters. The van der Waals surface area contributed by atoms with Gasteiger partial charge in [-0.3, -0.25) is 0 Å². The summed E-state index contributed by atoms with van der Waals surface area (Å²) in [7, 11) is 2.14. The van der Waals surface area contributed by atoms with Crippen molar-refractivity contribution in [3.05, 3.63) is 24.2 Å². The van der Waals surface area contributed by atoms with Crippen LogP contribution in [-0.4, -0.2) is 37.6 Å². The lowest BCUT2D eigenvalue weighted by Crippen LogP contribution is -2.35. The van der Waals surface area contributed by atoms with Crippen molar-refractivity contribution in [2.45, 2.75) is 26.3 Å². The summed E-state index contributed by atoms with van der Waals surface area (Å²) < 4.78 is 5.30. The summed E-state index contributed by atoms with van der Waals surface area (Å²) in [6.45, 7) is 7.60. The van der Waals surface area contributed by atoms with E-state index in [1.165, 1.54) is 0 Å². The fourth-order valence-corrected chi connectivity index (χ4v) is 1.46. The zero-order valence-corrected chi connectivity index (χ0v) is 9.99. The summed E-state index contributed by atoms with van der Waals surface area (Å²) in [5.41, 5.74) is 0. The standard InChI is InChI=1S/C12H22N2O/c1-4-14(3)8-7-13-11(2)10-12-6-5-9-15-12/h5-6,9,11,13H,4,7-8,10H2,1-3H3. The van der Waals surface area contributed by atoms with Gasteiger partial charge in [-0.15, -0.1) is 0 Å². The van der Waals surface area contributed by atoms with Crippen LogP contribution < -0.4 is 5.32 Å². The van der Waals surface area contributed by atoms with Gasteiger partial charge in [0.15, 0.2) is 0 Å². The molecular formula is C12H22N2O. The van der Waals surface area contributed by atoms with Gasteiger partial charge in [0.25, 0.3) is 0 Å². The van der Waals surface area contributed by atoms with E-state index in [9.17, 15) is 0 Å². The van der Waals surface area contributed by atoms with Crippen molar-refractivity contribution in [2.75, 3.05) is 26.7 Å². The Kier molecular flexibility index (Phi) is 5.43. The van der Waals surface area contributed by atoms with Gasteiger partial charge in [0, 0.05) is 25.6 Å². The molecule has 0 aliphatic heterocycles. The number of hydrogen-bond acceptors (Lipinski definition) is 3. The van der Waals surface area contributed by atoms with E-state index in [0.29, 0.717) is 6.04 Å². The van der Waals surface area contributed by atoms with Gasteiger partial charge >= 0.3 is 0 Å². The van der Waals surface area contributed by atoms with Crippen LogP contribution in [0.5, 0.6) is 0 Å². The summed E-state index contributed by atoms with van der Waals surface area (Å²) in [5.74, 6) is 1.05. The third-order valence-corrected chi connectivity index (χ3v) is 2.61. The fourth-order valence-electron chi connectivity index (χ4n) is 1.46. The average molecular weight is 210 g/mol. The van der Waals surface area contributed by atoms with E-state index in [-0.39, 0.29) is 0 Å². The number of nitrogens with zero attached hydrogens (tertiary/aromatic N) is 1. The quantitative estimate of drug-likeness (QED) is 0.743. The van der Waals surface area contributed by atoms with E-state index in [1.807, 2.05) is 12.1 Å². The summed E-state index contributed by atoms with van der Waals surface area (Å²) in [6.07, 6.45) is 2.69. The van der Waals surface area contributed by atoms with Gasteiger partial charge in [0.1, 0.15) is 5.76 Å². The molecule has 0 spiro atoms. The molecule has 1 unspecified atom stereocenters. The predicted molar refractivity (Wildman–Crippen MR) is 63.0 cm³/mol. The van der Waals surface area contributed by atoms with Gasteiger partial charge in [-0.25, -0.2) is 0 Å². The van der Waals surface area contributed by atoms with Crippen molar-refractivity contribution in [3.8, 4) is 0 Å². The second-order valence-corrected chi connectivity index (χ2v) is 4.03. The van der Waals surface area contributed by atoms with E-state index >= 15 is 0 Å². The number of rotatable bonds is 7. The Morgan fingerprint density at radius 2 is 2.33 bits per heavy atom. The third kappa shape index (κ3) is 5.00. The molecule has 0 aliphatic rings. The van der Waals surface area contributed by atoms with Crippen LogP contribution in [0, 0.1) is 0 Å². The second kappa shape index (κ2) is 6.64. The molecule has 0 aliphatic carbocycles. The van der Waals surface area contributed by atoms with E-state index in [4.69, 9.17) is 4.42 Å². The Bertz CT molecular complexity index is 246. The zero-order valence-electron chi connectivity index (χ0n) is 9.99. The molecule has 15 heavy (non-hydrogen) atoms. The highest BCUT2D eigenvalue weighted by molar-refractivity contribution is 4.99. The first-order chi connectivity index (χ1) is 7.22. The minimum absolute atomic E-state index is 0.474. The van der Waals surface area contributed by atoms with E-state index < -0.39 is 0 Å². The highest BCUT2D eigenvalue weighted by atomic mass is 16.3. The van der Waals surface area contributed by atoms with E-state index in [2.05, 4.69) is 31.1 Å². The van der Waals surface area contributed by atoms with Crippen LogP contribution >= 0.6 is 0 Å². The molecule has 3 heteroatoms. The van der Waals surface area contributed by atoms with Crippen LogP contribution in [0.15, 0.2) is 22.8 Å². The van der Waals surface area contributed by atoms with Crippen LogP contribution in [0.1, 0.15) is 19.6 Å². The van der Waals surface area contributed by atoms with Crippen LogP contribution in [-0.2, 0) is 6.42 Å². The second-order valence-electron chi connectivity index (χ2n) is 4.03. The predicted octanol–water partition coefficient (Wildman–Crippen LogP) is 1.75. The maximum Gasteiger partial charge on any atom is 0.105 e. The van der Waals surface area contributed by atoms with Crippen molar-refractivity contribution in [2.24, 2.45) is 0 Å². The Morgan fingerprint density at radius 1 is 1.53 bits per heavy atom. The Labute approximate surface area is 92.5 Å². The van der Waals surface area contributed by atoms with Crippen molar-refractivity contribution < 1.29 is 4.42 Å². The Hall–Kier alpha value is -0.800. The van der Waals surface area contributed by atoms with Gasteiger partial charge in [-0.2, -0.15) is 0 Å². The van der Waals surface area contributed by atoms with Crippen LogP contribution in [0.4, 0.5) is 0 Å². The lowest BCUT2D eigenvalue weighted by Gasteiger charge is -2.17. The molecule has 0 bridgehead atoms. The topological polar surface area (TPSA) is 28.4 Å². The monoisotopic (exact) mass is 210 g/mol. The molecule has 3 nitrogen and oxygen atoms in total. The van der Waals surface area contributed by atoms with Gasteiger partial charge in [0.05, 0.1) is 6.26 Å². The summed E-state index contributed by atoms with van der Waals surface area (Å²) >= 11 is 0. The Morgan fingerprint density at radius 3 is 2.93 bits per heavy atom. The number of furan rings is 1. The highest BCUT2D eigenvalue weighted by Crippen LogP contribution is 2.03. The van der Waals surface area contributed by atoms with Gasteiger partial charge < -0.3 is 14.6 Å². The minimum atomic E-state index is 0.474. The van der Waals surface area contributed by atoms with Gasteiger partial charge in [-0.1, -0.05) is 6.92 Å². The average Bonchev–Trinajstić information content (AvgIpc) is 2.70. The van der Waals surface area contributed by atoms with Crippen molar-refractivity contribution in [3.63, 3.8) is 0 Å². The summed E-state index contributed by atoms with van der Waals surface area (Å²) in [6, 6.07) is 4.44. The molecule has 1 N–H and O–H groups in total. The largest absolute Gasteiger partial charge is 0.469 e. The Balaban J connectivity index is 2.11. The van der Waals surface area contributed by atoms with Crippen molar-refractivity contribution in [1.82, 2.24) is 10.2 Å². The van der Waals surface area contributed by atoms with Gasteiger partial charge in [-0.05, 0) is 32.6 Å². The van der Waals surface area contributed by atoms with Gasteiger partial charge in [0.2, 0.25) is 0 Å². The summed E-state index contributed by atoms with van der Waals surface area (Å²) in [4.78, 5) is 2.30. The highest BCUT2D eigenvalue weighted by Gasteiger charge is 2.04. The normalized spacial score (nSPS) is 13.3. The molecule has 1 heterocycles. The first-order valence-corrected chi connectivity index (χ1v) is 5.66. The van der Waals surface area contributed by atoms with E-state index in [1.54, 1.807) is 6.26 Å². The SMILES string of the molecule is CCN(C)CCNC(C)Cc1ccco1. The lowest BCUT2D eigenvalue weighted by molar-refractivity contribution is 0.338. The van der Waals surface area contributed by atoms with E-state index in [0.717, 1.165) is 31.8 Å². The number of nitrogens with one attached hydrogen (secondary N) is 1. The zero-order chi connectivity index (χ0) is 11.1. The van der Waals surface area contributed by atoms with Crippen LogP contribution in [0.2, 0.25) is 0 Å². The summed E-state index contributed by atoms with van der Waals surface area (Å²) in [5, 5.41) is 3.48.